The van der Waals surface area contributed by atoms with E-state index in [9.17, 15) is 0 Å². The Balaban J connectivity index is 1.07. The molecule has 0 amide bonds. The number of rotatable bonds is 13. The van der Waals surface area contributed by atoms with E-state index in [0.717, 1.165) is 34.4 Å². The van der Waals surface area contributed by atoms with E-state index in [2.05, 4.69) is 88.4 Å². The maximum Gasteiger partial charge on any atom is 0.114 e. The van der Waals surface area contributed by atoms with Crippen LogP contribution in [0.25, 0.3) is 73.2 Å². The summed E-state index contributed by atoms with van der Waals surface area (Å²) < 4.78 is 21.8. The summed E-state index contributed by atoms with van der Waals surface area (Å²) in [6.07, 6.45) is 8.67. The number of fused-ring (bicyclic) bond motifs is 3. The first-order chi connectivity index (χ1) is 24.0. The van der Waals surface area contributed by atoms with Crippen molar-refractivity contribution in [1.82, 2.24) is 17.5 Å². The smallest absolute Gasteiger partial charge is 0.114 e. The molecule has 0 aliphatic heterocycles. The van der Waals surface area contributed by atoms with Gasteiger partial charge in [0.05, 0.1) is 23.5 Å². The van der Waals surface area contributed by atoms with Gasteiger partial charge in [-0.25, -0.2) is 0 Å². The van der Waals surface area contributed by atoms with Crippen molar-refractivity contribution in [2.75, 3.05) is 0 Å². The highest BCUT2D eigenvalue weighted by atomic mass is 32.1. The predicted molar refractivity (Wildman–Crippen MR) is 219 cm³/mol. The molecule has 0 aliphatic rings. The monoisotopic (exact) mass is 754 g/mol. The summed E-state index contributed by atoms with van der Waals surface area (Å²) in [5, 5.41) is 0. The normalized spacial score (nSPS) is 13.3. The molecule has 8 rings (SSSR count). The van der Waals surface area contributed by atoms with Crippen molar-refractivity contribution in [1.29, 1.82) is 0 Å². The van der Waals surface area contributed by atoms with Gasteiger partial charge in [-0.2, -0.15) is 17.5 Å². The van der Waals surface area contributed by atoms with Gasteiger partial charge in [-0.3, -0.25) is 0 Å². The van der Waals surface area contributed by atoms with Gasteiger partial charge in [-0.15, -0.1) is 45.3 Å². The van der Waals surface area contributed by atoms with Crippen molar-refractivity contribution in [2.45, 2.75) is 72.6 Å². The molecule has 2 unspecified atom stereocenters. The van der Waals surface area contributed by atoms with Crippen molar-refractivity contribution in [2.24, 2.45) is 11.8 Å². The largest absolute Gasteiger partial charge is 0.172 e. The summed E-state index contributed by atoms with van der Waals surface area (Å²) in [6.45, 7) is 9.22. The van der Waals surface area contributed by atoms with Crippen LogP contribution in [0.1, 0.15) is 69.6 Å². The fourth-order valence-electron chi connectivity index (χ4n) is 6.61. The first-order valence-electron chi connectivity index (χ1n) is 17.3. The Bertz CT molecular complexity index is 2330. The number of benzene rings is 2. The van der Waals surface area contributed by atoms with E-state index in [0.29, 0.717) is 5.92 Å². The summed E-state index contributed by atoms with van der Waals surface area (Å²) >= 11 is 10.1. The second-order valence-electron chi connectivity index (χ2n) is 13.1. The van der Waals surface area contributed by atoms with Gasteiger partial charge in [-0.05, 0) is 61.1 Å². The predicted octanol–water partition coefficient (Wildman–Crippen LogP) is 14.1. The second kappa shape index (κ2) is 14.4. The summed E-state index contributed by atoms with van der Waals surface area (Å²) in [5.74, 6) is 1.47. The van der Waals surface area contributed by atoms with Gasteiger partial charge in [-0.1, -0.05) is 84.1 Å². The minimum atomic E-state index is 0.699. The van der Waals surface area contributed by atoms with Crippen molar-refractivity contribution in [3.8, 4) is 41.8 Å². The number of aromatic nitrogens is 4. The van der Waals surface area contributed by atoms with Crippen molar-refractivity contribution >= 4 is 100 Å². The van der Waals surface area contributed by atoms with E-state index in [1.807, 2.05) is 45.3 Å². The molecule has 10 heteroatoms. The Morgan fingerprint density at radius 1 is 0.531 bits per heavy atom. The van der Waals surface area contributed by atoms with E-state index >= 15 is 0 Å². The molecular weight excluding hydrogens is 717 g/mol. The lowest BCUT2D eigenvalue weighted by molar-refractivity contribution is 0.452. The zero-order valence-corrected chi connectivity index (χ0v) is 33.0. The highest BCUT2D eigenvalue weighted by Crippen LogP contribution is 2.46. The molecule has 0 N–H and O–H groups in total. The summed E-state index contributed by atoms with van der Waals surface area (Å²) in [6, 6.07) is 22.8. The quantitative estimate of drug-likeness (QED) is 0.118. The van der Waals surface area contributed by atoms with E-state index in [1.165, 1.54) is 123 Å². The van der Waals surface area contributed by atoms with Crippen LogP contribution in [0.3, 0.4) is 0 Å². The maximum absolute atomic E-state index is 4.82. The zero-order chi connectivity index (χ0) is 33.5. The number of unbranched alkanes of at least 4 members (excludes halogenated alkanes) is 1. The summed E-state index contributed by atoms with van der Waals surface area (Å²) in [5.41, 5.74) is 8.76. The van der Waals surface area contributed by atoms with Crippen molar-refractivity contribution < 1.29 is 0 Å². The third kappa shape index (κ3) is 6.56. The van der Waals surface area contributed by atoms with Gasteiger partial charge in [0.1, 0.15) is 22.1 Å². The van der Waals surface area contributed by atoms with Gasteiger partial charge in [0, 0.05) is 60.9 Å². The molecule has 4 nitrogen and oxygen atoms in total. The number of thiophene rings is 4. The van der Waals surface area contributed by atoms with Crippen molar-refractivity contribution in [3.63, 3.8) is 0 Å². The van der Waals surface area contributed by atoms with E-state index in [-0.39, 0.29) is 0 Å². The van der Waals surface area contributed by atoms with Crippen LogP contribution in [-0.4, -0.2) is 17.5 Å². The van der Waals surface area contributed by atoms with E-state index < -0.39 is 0 Å². The molecule has 0 radical (unpaired) electrons. The molecule has 250 valence electrons. The molecule has 2 aromatic carbocycles. The molecule has 0 fully saturated rings. The third-order valence-corrected chi connectivity index (χ3v) is 15.4. The minimum Gasteiger partial charge on any atom is -0.172 e. The van der Waals surface area contributed by atoms with Gasteiger partial charge in [0.2, 0.25) is 0 Å². The second-order valence-corrected chi connectivity index (χ2v) is 18.6. The Labute approximate surface area is 312 Å². The number of hydrogen-bond donors (Lipinski definition) is 0. The van der Waals surface area contributed by atoms with Crippen LogP contribution >= 0.6 is 68.8 Å². The van der Waals surface area contributed by atoms with Crippen molar-refractivity contribution in [3.05, 3.63) is 70.4 Å². The van der Waals surface area contributed by atoms with Crippen LogP contribution in [0.2, 0.25) is 0 Å². The number of nitrogens with zero attached hydrogens (tertiary/aromatic N) is 4. The molecule has 0 spiro atoms. The van der Waals surface area contributed by atoms with Crippen LogP contribution in [0.5, 0.6) is 0 Å². The first kappa shape index (κ1) is 33.3. The highest BCUT2D eigenvalue weighted by Gasteiger charge is 2.20. The lowest BCUT2D eigenvalue weighted by atomic mass is 9.95. The molecule has 0 saturated carbocycles. The van der Waals surface area contributed by atoms with Gasteiger partial charge >= 0.3 is 0 Å². The van der Waals surface area contributed by atoms with E-state index in [4.69, 9.17) is 17.5 Å². The van der Waals surface area contributed by atoms with Crippen LogP contribution in [0.4, 0.5) is 0 Å². The fraction of sp³-hybridized carbons (Fsp3) is 0.333. The standard InChI is InChI=1S/C39H38N4S6/c1-5-8-9-23(7-3)19-25-11-17-31(45-25)27-13-15-29(39-37(27)41-49-43-39)33-21-35-34(47-33)20-32(46-35)28-14-12-26(36-38(28)42-48-40-36)30-16-10-24(44-30)18-22(4)6-2/h10-17,20-23H,5-9,18-19H2,1-4H3. The van der Waals surface area contributed by atoms with Crippen LogP contribution in [0.15, 0.2) is 60.7 Å². The minimum absolute atomic E-state index is 0.699. The summed E-state index contributed by atoms with van der Waals surface area (Å²) in [7, 11) is 0. The zero-order valence-electron chi connectivity index (χ0n) is 28.1. The molecule has 2 atom stereocenters. The van der Waals surface area contributed by atoms with Gasteiger partial charge < -0.3 is 0 Å². The molecule has 0 aliphatic carbocycles. The average Bonchev–Trinajstić information content (AvgIpc) is 3.95. The molecule has 8 aromatic rings. The average molecular weight is 755 g/mol. The SMILES string of the molecule is CCCCC(CC)Cc1ccc(-c2ccc(-c3cc4sc(-c5ccc(-c6ccc(CC(C)CC)s6)c6nsnc56)cc4s3)c3nsnc23)s1. The van der Waals surface area contributed by atoms with Crippen LogP contribution in [-0.2, 0) is 12.8 Å². The Morgan fingerprint density at radius 2 is 1.00 bits per heavy atom. The van der Waals surface area contributed by atoms with Gasteiger partial charge in [0.15, 0.2) is 0 Å². The molecule has 6 heterocycles. The van der Waals surface area contributed by atoms with Gasteiger partial charge in [0.25, 0.3) is 0 Å². The third-order valence-electron chi connectivity index (χ3n) is 9.70. The topological polar surface area (TPSA) is 51.6 Å². The Kier molecular flexibility index (Phi) is 9.79. The first-order valence-corrected chi connectivity index (χ1v) is 22.0. The number of hydrogen-bond acceptors (Lipinski definition) is 10. The molecule has 49 heavy (non-hydrogen) atoms. The lowest BCUT2D eigenvalue weighted by Gasteiger charge is -2.12. The van der Waals surface area contributed by atoms with Crippen LogP contribution < -0.4 is 0 Å². The van der Waals surface area contributed by atoms with Crippen LogP contribution in [0, 0.1) is 11.8 Å². The highest BCUT2D eigenvalue weighted by molar-refractivity contribution is 7.31. The fourth-order valence-corrected chi connectivity index (χ4v) is 12.6. The molecular formula is C39H38N4S6. The van der Waals surface area contributed by atoms with E-state index in [1.54, 1.807) is 0 Å². The Morgan fingerprint density at radius 3 is 1.45 bits per heavy atom. The molecule has 0 saturated heterocycles. The summed E-state index contributed by atoms with van der Waals surface area (Å²) in [4.78, 5) is 7.97. The Hall–Kier alpha value is -2.86. The molecule has 0 bridgehead atoms. The molecule has 6 aromatic heterocycles. The maximum atomic E-state index is 4.82. The lowest BCUT2D eigenvalue weighted by Crippen LogP contribution is -2.01.